The molecular weight excluding hydrogens is 472 g/mol. The van der Waals surface area contributed by atoms with E-state index < -0.39 is 12.1 Å². The minimum atomic E-state index is -0.595. The Morgan fingerprint density at radius 2 is 1.54 bits per heavy atom. The number of nitrogens with zero attached hydrogens (tertiary/aromatic N) is 2. The van der Waals surface area contributed by atoms with Gasteiger partial charge in [-0.1, -0.05) is 65.2 Å². The number of carbonyl (C=O) groups is 3. The van der Waals surface area contributed by atoms with Gasteiger partial charge in [0.1, 0.15) is 12.1 Å². The number of hydrogen-bond acceptors (Lipinski definition) is 8. The Morgan fingerprint density at radius 3 is 2.14 bits per heavy atom. The van der Waals surface area contributed by atoms with Crippen LogP contribution in [0.2, 0.25) is 0 Å². The molecule has 0 radical (unpaired) electrons. The molecule has 2 rings (SSSR count). The van der Waals surface area contributed by atoms with Crippen molar-refractivity contribution < 1.29 is 28.6 Å². The van der Waals surface area contributed by atoms with Crippen molar-refractivity contribution in [3.63, 3.8) is 0 Å². The van der Waals surface area contributed by atoms with Crippen LogP contribution in [0.25, 0.3) is 0 Å². The maximum absolute atomic E-state index is 12.6. The highest BCUT2D eigenvalue weighted by atomic mass is 16.6. The van der Waals surface area contributed by atoms with Gasteiger partial charge in [0, 0.05) is 19.5 Å². The summed E-state index contributed by atoms with van der Waals surface area (Å²) < 4.78 is 16.4. The molecule has 0 amide bonds. The molecule has 0 aromatic rings. The molecule has 0 aromatic heterocycles. The number of carbonyl (C=O) groups excluding carboxylic acids is 3. The summed E-state index contributed by atoms with van der Waals surface area (Å²) >= 11 is 0. The normalized spacial score (nSPS) is 20.1. The van der Waals surface area contributed by atoms with Gasteiger partial charge in [-0.25, -0.2) is 0 Å². The van der Waals surface area contributed by atoms with Gasteiger partial charge in [-0.05, 0) is 45.2 Å². The zero-order chi connectivity index (χ0) is 26.9. The average Bonchev–Trinajstić information content (AvgIpc) is 3.22. The van der Waals surface area contributed by atoms with E-state index in [0.29, 0.717) is 38.5 Å². The number of hydrogen-bond donors (Lipinski definition) is 0. The zero-order valence-corrected chi connectivity index (χ0v) is 23.7. The zero-order valence-electron chi connectivity index (χ0n) is 23.7. The predicted molar refractivity (Wildman–Crippen MR) is 144 cm³/mol. The third-order valence-corrected chi connectivity index (χ3v) is 7.59. The Labute approximate surface area is 224 Å². The second-order valence-electron chi connectivity index (χ2n) is 10.7. The Morgan fingerprint density at radius 1 is 0.865 bits per heavy atom. The van der Waals surface area contributed by atoms with E-state index in [-0.39, 0.29) is 31.1 Å². The van der Waals surface area contributed by atoms with Crippen LogP contribution in [-0.2, 0) is 28.6 Å². The lowest BCUT2D eigenvalue weighted by Crippen LogP contribution is -2.41. The van der Waals surface area contributed by atoms with Gasteiger partial charge in [-0.15, -0.1) is 0 Å². The first kappa shape index (κ1) is 31.5. The summed E-state index contributed by atoms with van der Waals surface area (Å²) in [5.74, 6) is -0.263. The van der Waals surface area contributed by atoms with Crippen molar-refractivity contribution in [1.29, 1.82) is 0 Å². The largest absolute Gasteiger partial charge is 0.465 e. The minimum Gasteiger partial charge on any atom is -0.465 e. The van der Waals surface area contributed by atoms with Gasteiger partial charge in [-0.3, -0.25) is 19.3 Å². The molecule has 0 spiro atoms. The van der Waals surface area contributed by atoms with Gasteiger partial charge in [-0.2, -0.15) is 0 Å². The first-order valence-electron chi connectivity index (χ1n) is 14.9. The smallest absolute Gasteiger partial charge is 0.323 e. The summed E-state index contributed by atoms with van der Waals surface area (Å²) in [6, 6.07) is -0.595. The number of unbranched alkanes of at least 4 members (excludes halogenated alkanes) is 4. The van der Waals surface area contributed by atoms with Gasteiger partial charge in [0.25, 0.3) is 0 Å². The molecule has 2 aliphatic rings. The number of ether oxygens (including phenoxy) is 3. The summed E-state index contributed by atoms with van der Waals surface area (Å²) in [6.45, 7) is 10.0. The van der Waals surface area contributed by atoms with Crippen molar-refractivity contribution in [3.8, 4) is 0 Å². The maximum atomic E-state index is 12.6. The topological polar surface area (TPSA) is 85.4 Å². The van der Waals surface area contributed by atoms with Crippen LogP contribution in [0.4, 0.5) is 0 Å². The monoisotopic (exact) mass is 524 g/mol. The van der Waals surface area contributed by atoms with E-state index in [9.17, 15) is 14.4 Å². The van der Waals surface area contributed by atoms with Gasteiger partial charge in [0.15, 0.2) is 0 Å². The molecule has 0 aromatic carbocycles. The highest BCUT2D eigenvalue weighted by Gasteiger charge is 2.40. The van der Waals surface area contributed by atoms with Crippen LogP contribution < -0.4 is 0 Å². The van der Waals surface area contributed by atoms with Crippen molar-refractivity contribution in [3.05, 3.63) is 0 Å². The molecule has 0 N–H and O–H groups in total. The third-order valence-electron chi connectivity index (χ3n) is 7.59. The van der Waals surface area contributed by atoms with Gasteiger partial charge in [0.2, 0.25) is 0 Å². The van der Waals surface area contributed by atoms with Crippen LogP contribution >= 0.6 is 0 Å². The van der Waals surface area contributed by atoms with E-state index in [1.807, 2.05) is 0 Å². The van der Waals surface area contributed by atoms with E-state index in [4.69, 9.17) is 14.2 Å². The molecule has 0 bridgehead atoms. The summed E-state index contributed by atoms with van der Waals surface area (Å²) in [5, 5.41) is 0. The highest BCUT2D eigenvalue weighted by molar-refractivity contribution is 5.78. The van der Waals surface area contributed by atoms with E-state index in [2.05, 4.69) is 18.7 Å². The van der Waals surface area contributed by atoms with Gasteiger partial charge < -0.3 is 19.1 Å². The summed E-state index contributed by atoms with van der Waals surface area (Å²) in [7, 11) is 0. The molecule has 0 unspecified atom stereocenters. The Bertz CT molecular complexity index is 659. The fourth-order valence-electron chi connectivity index (χ4n) is 5.27. The van der Waals surface area contributed by atoms with Crippen molar-refractivity contribution in [2.45, 2.75) is 116 Å². The van der Waals surface area contributed by atoms with Crippen molar-refractivity contribution in [2.75, 3.05) is 45.9 Å². The molecule has 2 fully saturated rings. The van der Waals surface area contributed by atoms with Crippen LogP contribution in [0, 0.1) is 5.92 Å². The lowest BCUT2D eigenvalue weighted by Gasteiger charge is -2.30. The van der Waals surface area contributed by atoms with Crippen LogP contribution in [0.3, 0.4) is 0 Å². The van der Waals surface area contributed by atoms with Crippen molar-refractivity contribution in [2.24, 2.45) is 5.92 Å². The molecule has 8 nitrogen and oxygen atoms in total. The first-order valence-corrected chi connectivity index (χ1v) is 14.9. The Hall–Kier alpha value is -1.67. The fourth-order valence-corrected chi connectivity index (χ4v) is 5.27. The third kappa shape index (κ3) is 12.6. The molecule has 0 aliphatic carbocycles. The minimum absolute atomic E-state index is 0.00172. The SMILES string of the molecule is CCCCCC(CCCCC)CCCOC(=O)CN1C[C@@H](OC(=O)CCN2CCC2)C[C@H]1C(=O)OCC. The van der Waals surface area contributed by atoms with Crippen LogP contribution in [0.15, 0.2) is 0 Å². The molecule has 37 heavy (non-hydrogen) atoms. The lowest BCUT2D eigenvalue weighted by molar-refractivity contribution is -0.152. The molecule has 2 atom stereocenters. The Kier molecular flexibility index (Phi) is 15.8. The van der Waals surface area contributed by atoms with E-state index in [1.165, 1.54) is 57.8 Å². The van der Waals surface area contributed by atoms with E-state index in [0.717, 1.165) is 25.9 Å². The molecular formula is C29H52N2O6. The predicted octanol–water partition coefficient (Wildman–Crippen LogP) is 4.73. The van der Waals surface area contributed by atoms with Crippen molar-refractivity contribution in [1.82, 2.24) is 9.80 Å². The first-order chi connectivity index (χ1) is 18.0. The molecule has 2 heterocycles. The summed E-state index contributed by atoms with van der Waals surface area (Å²) in [5.41, 5.74) is 0. The van der Waals surface area contributed by atoms with Crippen molar-refractivity contribution >= 4 is 17.9 Å². The summed E-state index contributed by atoms with van der Waals surface area (Å²) in [6.07, 6.45) is 13.5. The number of likely N-dealkylation sites (tertiary alicyclic amines) is 2. The number of rotatable bonds is 20. The molecule has 0 saturated carbocycles. The second-order valence-corrected chi connectivity index (χ2v) is 10.7. The van der Waals surface area contributed by atoms with Crippen LogP contribution in [0.5, 0.6) is 0 Å². The second kappa shape index (κ2) is 18.6. The van der Waals surface area contributed by atoms with Gasteiger partial charge >= 0.3 is 17.9 Å². The standard InChI is InChI=1S/C29H52N2O6/c1-4-7-9-13-24(14-10-8-5-2)15-11-20-36-28(33)23-31-22-25(21-26(31)29(34)35-6-3)37-27(32)16-19-30-17-12-18-30/h24-26H,4-23H2,1-3H3/t25-,26-/m0/s1. The van der Waals surface area contributed by atoms with Gasteiger partial charge in [0.05, 0.1) is 26.2 Å². The van der Waals surface area contributed by atoms with E-state index >= 15 is 0 Å². The summed E-state index contributed by atoms with van der Waals surface area (Å²) in [4.78, 5) is 41.4. The van der Waals surface area contributed by atoms with Crippen LogP contribution in [-0.4, -0.2) is 85.8 Å². The Balaban J connectivity index is 1.75. The van der Waals surface area contributed by atoms with E-state index in [1.54, 1.807) is 11.8 Å². The lowest BCUT2D eigenvalue weighted by atomic mass is 9.91. The molecule has 214 valence electrons. The molecule has 2 saturated heterocycles. The molecule has 2 aliphatic heterocycles. The highest BCUT2D eigenvalue weighted by Crippen LogP contribution is 2.24. The molecule has 8 heteroatoms. The maximum Gasteiger partial charge on any atom is 0.323 e. The number of esters is 3. The fraction of sp³-hybridized carbons (Fsp3) is 0.897. The van der Waals surface area contributed by atoms with Crippen LogP contribution in [0.1, 0.15) is 104 Å². The quantitative estimate of drug-likeness (QED) is 0.128. The average molecular weight is 525 g/mol.